The van der Waals surface area contributed by atoms with Crippen LogP contribution >= 0.6 is 27.5 Å². The van der Waals surface area contributed by atoms with Crippen molar-refractivity contribution in [3.05, 3.63) is 57.3 Å². The molecule has 2 aromatic rings. The van der Waals surface area contributed by atoms with Crippen molar-refractivity contribution in [2.24, 2.45) is 5.73 Å². The fraction of sp³-hybridized carbons (Fsp3) is 0.143. The minimum absolute atomic E-state index is 0.0843. The topological polar surface area (TPSA) is 26.0 Å². The van der Waals surface area contributed by atoms with E-state index in [0.717, 1.165) is 11.1 Å². The number of hydrogen-bond donors (Lipinski definition) is 1. The number of rotatable bonds is 2. The van der Waals surface area contributed by atoms with Gasteiger partial charge in [0.15, 0.2) is 5.82 Å². The Balaban J connectivity index is 2.55. The van der Waals surface area contributed by atoms with Gasteiger partial charge in [-0.05, 0) is 46.1 Å². The summed E-state index contributed by atoms with van der Waals surface area (Å²) in [4.78, 5) is 0. The molecule has 4 heteroatoms. The molecule has 94 valence electrons. The number of halogens is 3. The molecule has 18 heavy (non-hydrogen) atoms. The van der Waals surface area contributed by atoms with Gasteiger partial charge in [-0.2, -0.15) is 0 Å². The van der Waals surface area contributed by atoms with E-state index in [1.165, 1.54) is 0 Å². The zero-order valence-electron chi connectivity index (χ0n) is 9.75. The third-order valence-corrected chi connectivity index (χ3v) is 4.02. The number of nitrogens with two attached hydrogens (primary N) is 1. The van der Waals surface area contributed by atoms with Gasteiger partial charge in [0.05, 0.1) is 5.02 Å². The van der Waals surface area contributed by atoms with Crippen molar-refractivity contribution < 1.29 is 4.39 Å². The molecule has 0 aromatic heterocycles. The summed E-state index contributed by atoms with van der Waals surface area (Å²) < 4.78 is 14.6. The molecule has 1 unspecified atom stereocenters. The van der Waals surface area contributed by atoms with E-state index >= 15 is 0 Å². The molecule has 0 fully saturated rings. The molecule has 0 aliphatic rings. The monoisotopic (exact) mass is 327 g/mol. The molecule has 2 aromatic carbocycles. The fourth-order valence-corrected chi connectivity index (χ4v) is 2.21. The second-order valence-electron chi connectivity index (χ2n) is 4.14. The Bertz CT molecular complexity index is 584. The van der Waals surface area contributed by atoms with Gasteiger partial charge in [-0.15, -0.1) is 0 Å². The van der Waals surface area contributed by atoms with E-state index in [9.17, 15) is 4.39 Å². The van der Waals surface area contributed by atoms with Crippen LogP contribution < -0.4 is 5.73 Å². The van der Waals surface area contributed by atoms with E-state index < -0.39 is 5.82 Å². The van der Waals surface area contributed by atoms with Crippen molar-refractivity contribution in [2.45, 2.75) is 13.0 Å². The predicted octanol–water partition coefficient (Wildman–Crippen LogP) is 4.93. The highest BCUT2D eigenvalue weighted by atomic mass is 79.9. The third-order valence-electron chi connectivity index (χ3n) is 2.76. The van der Waals surface area contributed by atoms with E-state index in [-0.39, 0.29) is 11.1 Å². The first kappa shape index (κ1) is 13.5. The molecule has 0 heterocycles. The van der Waals surface area contributed by atoms with E-state index in [1.54, 1.807) is 12.1 Å². The largest absolute Gasteiger partial charge is 0.324 e. The van der Waals surface area contributed by atoms with Gasteiger partial charge >= 0.3 is 0 Å². The van der Waals surface area contributed by atoms with E-state index in [4.69, 9.17) is 17.3 Å². The van der Waals surface area contributed by atoms with Gasteiger partial charge in [-0.1, -0.05) is 35.9 Å². The van der Waals surface area contributed by atoms with E-state index in [2.05, 4.69) is 15.9 Å². The van der Waals surface area contributed by atoms with Gasteiger partial charge in [0.25, 0.3) is 0 Å². The average Bonchev–Trinajstić information content (AvgIpc) is 2.36. The Kier molecular flexibility index (Phi) is 4.05. The summed E-state index contributed by atoms with van der Waals surface area (Å²) in [6.07, 6.45) is 0. The zero-order valence-corrected chi connectivity index (χ0v) is 12.1. The number of benzene rings is 2. The minimum Gasteiger partial charge on any atom is -0.324 e. The highest BCUT2D eigenvalue weighted by Crippen LogP contribution is 2.33. The summed E-state index contributed by atoms with van der Waals surface area (Å²) >= 11 is 9.09. The average molecular weight is 329 g/mol. The Morgan fingerprint density at radius 2 is 2.00 bits per heavy atom. The first-order chi connectivity index (χ1) is 8.50. The maximum Gasteiger partial charge on any atom is 0.150 e. The standard InChI is InChI=1S/C14H12BrClFN/c1-8(18)9-3-2-4-10(7-9)11-5-6-12(15)13(16)14(11)17/h2-8H,18H2,1H3. The summed E-state index contributed by atoms with van der Waals surface area (Å²) in [5.74, 6) is -0.423. The van der Waals surface area contributed by atoms with Gasteiger partial charge < -0.3 is 5.73 Å². The zero-order chi connectivity index (χ0) is 13.3. The van der Waals surface area contributed by atoms with Gasteiger partial charge in [0.2, 0.25) is 0 Å². The van der Waals surface area contributed by atoms with Crippen LogP contribution in [0.4, 0.5) is 4.39 Å². The van der Waals surface area contributed by atoms with Crippen LogP contribution in [0.1, 0.15) is 18.5 Å². The molecular formula is C14H12BrClFN. The molecule has 0 aliphatic carbocycles. The molecule has 2 N–H and O–H groups in total. The minimum atomic E-state index is -0.423. The molecule has 2 rings (SSSR count). The first-order valence-electron chi connectivity index (χ1n) is 5.50. The lowest BCUT2D eigenvalue weighted by atomic mass is 10.00. The molecule has 0 amide bonds. The van der Waals surface area contributed by atoms with Crippen LogP contribution in [0.5, 0.6) is 0 Å². The van der Waals surface area contributed by atoms with Crippen LogP contribution in [0.15, 0.2) is 40.9 Å². The van der Waals surface area contributed by atoms with Crippen molar-refractivity contribution in [1.29, 1.82) is 0 Å². The molecule has 0 aliphatic heterocycles. The maximum atomic E-state index is 14.1. The SMILES string of the molecule is CC(N)c1cccc(-c2ccc(Br)c(Cl)c2F)c1. The molecule has 1 nitrogen and oxygen atoms in total. The maximum absolute atomic E-state index is 14.1. The van der Waals surface area contributed by atoms with Crippen molar-refractivity contribution in [3.63, 3.8) is 0 Å². The molecule has 0 spiro atoms. The fourth-order valence-electron chi connectivity index (χ4n) is 1.74. The molecule has 0 saturated carbocycles. The van der Waals surface area contributed by atoms with Crippen LogP contribution in [0.3, 0.4) is 0 Å². The lowest BCUT2D eigenvalue weighted by Crippen LogP contribution is -2.04. The van der Waals surface area contributed by atoms with E-state index in [1.807, 2.05) is 31.2 Å². The quantitative estimate of drug-likeness (QED) is 0.777. The summed E-state index contributed by atoms with van der Waals surface area (Å²) in [7, 11) is 0. The third kappa shape index (κ3) is 2.58. The lowest BCUT2D eigenvalue weighted by molar-refractivity contribution is 0.631. The van der Waals surface area contributed by atoms with Gasteiger partial charge in [-0.25, -0.2) is 4.39 Å². The highest BCUT2D eigenvalue weighted by Gasteiger charge is 2.12. The Hall–Kier alpha value is -0.900. The number of hydrogen-bond acceptors (Lipinski definition) is 1. The second kappa shape index (κ2) is 5.39. The van der Waals surface area contributed by atoms with Crippen LogP contribution in [-0.4, -0.2) is 0 Å². The van der Waals surface area contributed by atoms with Crippen LogP contribution in [0, 0.1) is 5.82 Å². The summed E-state index contributed by atoms with van der Waals surface area (Å²) in [5, 5.41) is 0.0960. The van der Waals surface area contributed by atoms with Gasteiger partial charge in [-0.3, -0.25) is 0 Å². The van der Waals surface area contributed by atoms with Crippen molar-refractivity contribution in [2.75, 3.05) is 0 Å². The smallest absolute Gasteiger partial charge is 0.150 e. The summed E-state index contributed by atoms with van der Waals surface area (Å²) in [5.41, 5.74) is 8.04. The highest BCUT2D eigenvalue weighted by molar-refractivity contribution is 9.10. The Labute approximate surface area is 119 Å². The molecule has 0 bridgehead atoms. The Morgan fingerprint density at radius 3 is 2.67 bits per heavy atom. The molecule has 0 radical (unpaired) electrons. The summed E-state index contributed by atoms with van der Waals surface area (Å²) in [6.45, 7) is 1.89. The van der Waals surface area contributed by atoms with Gasteiger partial charge in [0, 0.05) is 16.1 Å². The molecular weight excluding hydrogens is 317 g/mol. The lowest BCUT2D eigenvalue weighted by Gasteiger charge is -2.10. The molecule has 1 atom stereocenters. The van der Waals surface area contributed by atoms with Crippen LogP contribution in [0.25, 0.3) is 11.1 Å². The second-order valence-corrected chi connectivity index (χ2v) is 5.37. The van der Waals surface area contributed by atoms with Crippen molar-refractivity contribution >= 4 is 27.5 Å². The Morgan fingerprint density at radius 1 is 1.28 bits per heavy atom. The van der Waals surface area contributed by atoms with Crippen molar-refractivity contribution in [3.8, 4) is 11.1 Å². The summed E-state index contributed by atoms with van der Waals surface area (Å²) in [6, 6.07) is 10.9. The molecule has 0 saturated heterocycles. The van der Waals surface area contributed by atoms with Crippen LogP contribution in [-0.2, 0) is 0 Å². The predicted molar refractivity (Wildman–Crippen MR) is 77.1 cm³/mol. The van der Waals surface area contributed by atoms with Crippen LogP contribution in [0.2, 0.25) is 5.02 Å². The normalized spacial score (nSPS) is 12.5. The van der Waals surface area contributed by atoms with Gasteiger partial charge in [0.1, 0.15) is 0 Å². The van der Waals surface area contributed by atoms with Crippen molar-refractivity contribution in [1.82, 2.24) is 0 Å². The van der Waals surface area contributed by atoms with E-state index in [0.29, 0.717) is 10.0 Å². The first-order valence-corrected chi connectivity index (χ1v) is 6.67.